The van der Waals surface area contributed by atoms with E-state index in [1.807, 2.05) is 0 Å². The highest BCUT2D eigenvalue weighted by molar-refractivity contribution is 4.94. The van der Waals surface area contributed by atoms with Crippen LogP contribution in [-0.4, -0.2) is 49.3 Å². The van der Waals surface area contributed by atoms with Gasteiger partial charge in [0.25, 0.3) is 0 Å². The molecule has 3 nitrogen and oxygen atoms in total. The monoisotopic (exact) mass is 228 g/mol. The Hall–Kier alpha value is -0.120. The molecule has 0 radical (unpaired) electrons. The topological polar surface area (TPSA) is 24.5 Å². The van der Waals surface area contributed by atoms with E-state index in [9.17, 15) is 0 Å². The highest BCUT2D eigenvalue weighted by atomic mass is 16.5. The summed E-state index contributed by atoms with van der Waals surface area (Å²) >= 11 is 0. The molecule has 1 aliphatic rings. The van der Waals surface area contributed by atoms with Gasteiger partial charge in [-0.15, -0.1) is 0 Å². The number of methoxy groups -OCH3 is 1. The van der Waals surface area contributed by atoms with Crippen LogP contribution in [0.4, 0.5) is 0 Å². The Balaban J connectivity index is 2.69. The van der Waals surface area contributed by atoms with Gasteiger partial charge in [-0.3, -0.25) is 4.90 Å². The SMILES string of the molecule is CCC1CNC(C)(C)CN1C(CC)COC. The minimum atomic E-state index is 0.229. The van der Waals surface area contributed by atoms with Gasteiger partial charge in [0.1, 0.15) is 0 Å². The molecule has 1 fully saturated rings. The van der Waals surface area contributed by atoms with Crippen LogP contribution in [-0.2, 0) is 4.74 Å². The molecular weight excluding hydrogens is 200 g/mol. The molecule has 1 heterocycles. The van der Waals surface area contributed by atoms with E-state index >= 15 is 0 Å². The van der Waals surface area contributed by atoms with Gasteiger partial charge in [-0.05, 0) is 26.7 Å². The van der Waals surface area contributed by atoms with E-state index in [0.29, 0.717) is 12.1 Å². The van der Waals surface area contributed by atoms with Crippen molar-refractivity contribution >= 4 is 0 Å². The minimum Gasteiger partial charge on any atom is -0.383 e. The Bertz CT molecular complexity index is 206. The van der Waals surface area contributed by atoms with Crippen molar-refractivity contribution in [3.63, 3.8) is 0 Å². The van der Waals surface area contributed by atoms with E-state index in [1.54, 1.807) is 7.11 Å². The molecule has 0 aliphatic carbocycles. The van der Waals surface area contributed by atoms with E-state index in [4.69, 9.17) is 4.74 Å². The second-order valence-electron chi connectivity index (χ2n) is 5.52. The average Bonchev–Trinajstić information content (AvgIpc) is 2.25. The molecule has 0 amide bonds. The summed E-state index contributed by atoms with van der Waals surface area (Å²) in [6, 6.07) is 1.23. The minimum absolute atomic E-state index is 0.229. The van der Waals surface area contributed by atoms with Crippen molar-refractivity contribution in [2.45, 2.75) is 58.2 Å². The number of hydrogen-bond acceptors (Lipinski definition) is 3. The number of hydrogen-bond donors (Lipinski definition) is 1. The van der Waals surface area contributed by atoms with Crippen LogP contribution in [0.3, 0.4) is 0 Å². The van der Waals surface area contributed by atoms with Crippen molar-refractivity contribution in [3.8, 4) is 0 Å². The largest absolute Gasteiger partial charge is 0.383 e. The van der Waals surface area contributed by atoms with E-state index in [0.717, 1.165) is 19.7 Å². The fourth-order valence-electron chi connectivity index (χ4n) is 2.60. The van der Waals surface area contributed by atoms with Gasteiger partial charge in [0.05, 0.1) is 6.61 Å². The molecule has 0 aromatic rings. The first-order chi connectivity index (χ1) is 7.54. The molecule has 1 aliphatic heterocycles. The van der Waals surface area contributed by atoms with Gasteiger partial charge >= 0.3 is 0 Å². The predicted molar refractivity (Wildman–Crippen MR) is 68.8 cm³/mol. The molecule has 96 valence electrons. The quantitative estimate of drug-likeness (QED) is 0.777. The van der Waals surface area contributed by atoms with Crippen LogP contribution in [0.2, 0.25) is 0 Å². The summed E-state index contributed by atoms with van der Waals surface area (Å²) in [5.74, 6) is 0. The first kappa shape index (κ1) is 13.9. The lowest BCUT2D eigenvalue weighted by molar-refractivity contribution is 0.0133. The Morgan fingerprint density at radius 2 is 2.12 bits per heavy atom. The number of ether oxygens (including phenoxy) is 1. The fourth-order valence-corrected chi connectivity index (χ4v) is 2.60. The molecule has 0 aromatic heterocycles. The van der Waals surface area contributed by atoms with Crippen LogP contribution < -0.4 is 5.32 Å². The number of nitrogens with one attached hydrogen (secondary N) is 1. The van der Waals surface area contributed by atoms with Crippen molar-refractivity contribution in [1.82, 2.24) is 10.2 Å². The molecule has 0 aromatic carbocycles. The molecular formula is C13H28N2O. The molecule has 0 bridgehead atoms. The van der Waals surface area contributed by atoms with Crippen molar-refractivity contribution in [2.75, 3.05) is 26.8 Å². The van der Waals surface area contributed by atoms with Gasteiger partial charge in [-0.1, -0.05) is 13.8 Å². The standard InChI is InChI=1S/C13H28N2O/c1-6-11-8-14-13(3,4)10-15(11)12(7-2)9-16-5/h11-12,14H,6-10H2,1-5H3. The molecule has 3 heteroatoms. The molecule has 16 heavy (non-hydrogen) atoms. The Kier molecular flexibility index (Phi) is 5.22. The van der Waals surface area contributed by atoms with E-state index in [2.05, 4.69) is 37.9 Å². The number of rotatable bonds is 5. The molecule has 0 spiro atoms. The van der Waals surface area contributed by atoms with Crippen LogP contribution in [0.5, 0.6) is 0 Å². The lowest BCUT2D eigenvalue weighted by Crippen LogP contribution is -2.64. The number of piperazine rings is 1. The lowest BCUT2D eigenvalue weighted by Gasteiger charge is -2.47. The lowest BCUT2D eigenvalue weighted by atomic mass is 9.95. The van der Waals surface area contributed by atoms with Crippen LogP contribution in [0.25, 0.3) is 0 Å². The zero-order valence-electron chi connectivity index (χ0n) is 11.5. The third-order valence-electron chi connectivity index (χ3n) is 3.63. The normalized spacial score (nSPS) is 27.9. The number of nitrogens with zero attached hydrogens (tertiary/aromatic N) is 1. The average molecular weight is 228 g/mol. The van der Waals surface area contributed by atoms with Gasteiger partial charge in [-0.25, -0.2) is 0 Å². The third-order valence-corrected chi connectivity index (χ3v) is 3.63. The van der Waals surface area contributed by atoms with Crippen LogP contribution in [0, 0.1) is 0 Å². The Labute approximate surface area is 101 Å². The van der Waals surface area contributed by atoms with Crippen molar-refractivity contribution < 1.29 is 4.74 Å². The smallest absolute Gasteiger partial charge is 0.0618 e. The first-order valence-electron chi connectivity index (χ1n) is 6.53. The third kappa shape index (κ3) is 3.44. The van der Waals surface area contributed by atoms with Crippen molar-refractivity contribution in [2.24, 2.45) is 0 Å². The maximum Gasteiger partial charge on any atom is 0.0618 e. The molecule has 2 atom stereocenters. The molecule has 0 saturated carbocycles. The fraction of sp³-hybridized carbons (Fsp3) is 1.00. The highest BCUT2D eigenvalue weighted by Gasteiger charge is 2.34. The van der Waals surface area contributed by atoms with Gasteiger partial charge in [-0.2, -0.15) is 0 Å². The second kappa shape index (κ2) is 5.99. The summed E-state index contributed by atoms with van der Waals surface area (Å²) in [6.07, 6.45) is 2.38. The summed E-state index contributed by atoms with van der Waals surface area (Å²) in [5.41, 5.74) is 0.229. The van der Waals surface area contributed by atoms with Crippen LogP contribution in [0.1, 0.15) is 40.5 Å². The molecule has 2 unspecified atom stereocenters. The zero-order valence-corrected chi connectivity index (χ0v) is 11.5. The Morgan fingerprint density at radius 3 is 2.62 bits per heavy atom. The van der Waals surface area contributed by atoms with Crippen molar-refractivity contribution in [1.29, 1.82) is 0 Å². The molecule has 1 rings (SSSR count). The molecule has 1 N–H and O–H groups in total. The summed E-state index contributed by atoms with van der Waals surface area (Å²) in [6.45, 7) is 12.2. The van der Waals surface area contributed by atoms with E-state index < -0.39 is 0 Å². The maximum atomic E-state index is 5.35. The predicted octanol–water partition coefficient (Wildman–Crippen LogP) is 1.87. The highest BCUT2D eigenvalue weighted by Crippen LogP contribution is 2.21. The first-order valence-corrected chi connectivity index (χ1v) is 6.53. The zero-order chi connectivity index (χ0) is 12.2. The Morgan fingerprint density at radius 1 is 1.44 bits per heavy atom. The summed E-state index contributed by atoms with van der Waals surface area (Å²) in [5, 5.41) is 3.63. The van der Waals surface area contributed by atoms with Gasteiger partial charge < -0.3 is 10.1 Å². The van der Waals surface area contributed by atoms with Gasteiger partial charge in [0, 0.05) is 37.8 Å². The summed E-state index contributed by atoms with van der Waals surface area (Å²) < 4.78 is 5.35. The summed E-state index contributed by atoms with van der Waals surface area (Å²) in [4.78, 5) is 2.64. The van der Waals surface area contributed by atoms with Gasteiger partial charge in [0.15, 0.2) is 0 Å². The van der Waals surface area contributed by atoms with E-state index in [-0.39, 0.29) is 5.54 Å². The maximum absolute atomic E-state index is 5.35. The van der Waals surface area contributed by atoms with Crippen molar-refractivity contribution in [3.05, 3.63) is 0 Å². The second-order valence-corrected chi connectivity index (χ2v) is 5.52. The van der Waals surface area contributed by atoms with Crippen LogP contribution in [0.15, 0.2) is 0 Å². The molecule has 1 saturated heterocycles. The van der Waals surface area contributed by atoms with Gasteiger partial charge in [0.2, 0.25) is 0 Å². The van der Waals surface area contributed by atoms with E-state index in [1.165, 1.54) is 12.8 Å². The van der Waals surface area contributed by atoms with Crippen LogP contribution >= 0.6 is 0 Å². The summed E-state index contributed by atoms with van der Waals surface area (Å²) in [7, 11) is 1.80.